The lowest BCUT2D eigenvalue weighted by molar-refractivity contribution is 0.251. The van der Waals surface area contributed by atoms with Crippen LogP contribution < -0.4 is 10.6 Å². The summed E-state index contributed by atoms with van der Waals surface area (Å²) in [6.07, 6.45) is 3.52. The van der Waals surface area contributed by atoms with Crippen LogP contribution in [0.3, 0.4) is 0 Å². The van der Waals surface area contributed by atoms with Gasteiger partial charge in [0.15, 0.2) is 0 Å². The molecule has 0 fully saturated rings. The van der Waals surface area contributed by atoms with Crippen LogP contribution in [0.15, 0.2) is 97.3 Å². The first-order chi connectivity index (χ1) is 16.2. The molecule has 2 heterocycles. The lowest BCUT2D eigenvalue weighted by atomic mass is 9.99. The fourth-order valence-electron chi connectivity index (χ4n) is 3.80. The van der Waals surface area contributed by atoms with Crippen LogP contribution in [0.4, 0.5) is 10.5 Å². The predicted molar refractivity (Wildman–Crippen MR) is 131 cm³/mol. The van der Waals surface area contributed by atoms with E-state index in [0.29, 0.717) is 23.4 Å². The number of aromatic amines is 1. The first-order valence-electron chi connectivity index (χ1n) is 10.6. The number of carbonyl (C=O) groups excluding carboxylic acids is 1. The summed E-state index contributed by atoms with van der Waals surface area (Å²) in [4.78, 5) is 19.7. The molecule has 6 nitrogen and oxygen atoms in total. The number of hydrogen-bond donors (Lipinski definition) is 4. The Bertz CT molecular complexity index is 1380. The monoisotopic (exact) mass is 434 g/mol. The molecule has 0 bridgehead atoms. The van der Waals surface area contributed by atoms with Gasteiger partial charge in [0.1, 0.15) is 5.75 Å². The number of H-pyrrole nitrogens is 1. The van der Waals surface area contributed by atoms with E-state index in [4.69, 9.17) is 0 Å². The number of nitrogens with one attached hydrogen (secondary N) is 3. The van der Waals surface area contributed by atoms with Crippen LogP contribution in [-0.2, 0) is 6.54 Å². The molecule has 0 aliphatic heterocycles. The SMILES string of the molecule is O=C(NCc1ccccc1)Nc1ccc(-c2cccc(-c3cc4cnccc4[nH]3)c2O)cc1. The smallest absolute Gasteiger partial charge is 0.319 e. The second kappa shape index (κ2) is 8.88. The topological polar surface area (TPSA) is 90.0 Å². The number of rotatable bonds is 5. The summed E-state index contributed by atoms with van der Waals surface area (Å²) in [6, 6.07) is 26.4. The summed E-state index contributed by atoms with van der Waals surface area (Å²) in [5, 5.41) is 17.7. The Morgan fingerprint density at radius 1 is 0.909 bits per heavy atom. The average Bonchev–Trinajstić information content (AvgIpc) is 3.28. The van der Waals surface area contributed by atoms with Gasteiger partial charge in [0, 0.05) is 46.7 Å². The van der Waals surface area contributed by atoms with Crippen LogP contribution in [0.1, 0.15) is 5.56 Å². The maximum absolute atomic E-state index is 12.2. The number of phenols is 1. The number of aromatic nitrogens is 2. The van der Waals surface area contributed by atoms with Crippen molar-refractivity contribution in [3.63, 3.8) is 0 Å². The summed E-state index contributed by atoms with van der Waals surface area (Å²) < 4.78 is 0. The van der Waals surface area contributed by atoms with E-state index in [2.05, 4.69) is 20.6 Å². The third-order valence-electron chi connectivity index (χ3n) is 5.50. The third kappa shape index (κ3) is 4.41. The van der Waals surface area contributed by atoms with Gasteiger partial charge < -0.3 is 20.7 Å². The second-order valence-corrected chi connectivity index (χ2v) is 7.72. The number of hydrogen-bond acceptors (Lipinski definition) is 3. The van der Waals surface area contributed by atoms with Crippen molar-refractivity contribution in [3.05, 3.63) is 103 Å². The van der Waals surface area contributed by atoms with Gasteiger partial charge in [-0.3, -0.25) is 4.98 Å². The highest BCUT2D eigenvalue weighted by Crippen LogP contribution is 2.38. The number of carbonyl (C=O) groups is 1. The van der Waals surface area contributed by atoms with Crippen LogP contribution in [-0.4, -0.2) is 21.1 Å². The van der Waals surface area contributed by atoms with Crippen molar-refractivity contribution in [1.29, 1.82) is 0 Å². The number of nitrogens with zero attached hydrogens (tertiary/aromatic N) is 1. The molecule has 33 heavy (non-hydrogen) atoms. The van der Waals surface area contributed by atoms with Gasteiger partial charge in [0.25, 0.3) is 0 Å². The Balaban J connectivity index is 1.32. The van der Waals surface area contributed by atoms with Crippen LogP contribution in [0.2, 0.25) is 0 Å². The third-order valence-corrected chi connectivity index (χ3v) is 5.50. The molecular formula is C27H22N4O2. The van der Waals surface area contributed by atoms with E-state index in [-0.39, 0.29) is 11.8 Å². The molecule has 0 atom stereocenters. The lowest BCUT2D eigenvalue weighted by Crippen LogP contribution is -2.28. The summed E-state index contributed by atoms with van der Waals surface area (Å²) in [5.74, 6) is 0.193. The number of fused-ring (bicyclic) bond motifs is 1. The Kier molecular flexibility index (Phi) is 5.47. The molecule has 0 saturated heterocycles. The first kappa shape index (κ1) is 20.3. The summed E-state index contributed by atoms with van der Waals surface area (Å²) in [5.41, 5.74) is 5.77. The maximum atomic E-state index is 12.2. The molecule has 0 saturated carbocycles. The van der Waals surface area contributed by atoms with E-state index < -0.39 is 0 Å². The number of urea groups is 1. The van der Waals surface area contributed by atoms with Gasteiger partial charge >= 0.3 is 6.03 Å². The molecule has 3 aromatic carbocycles. The highest BCUT2D eigenvalue weighted by atomic mass is 16.3. The zero-order valence-electron chi connectivity index (χ0n) is 17.7. The summed E-state index contributed by atoms with van der Waals surface area (Å²) in [7, 11) is 0. The standard InChI is InChI=1S/C27H22N4O2/c32-26-22(7-4-8-23(26)25-15-20-17-28-14-13-24(20)31-25)19-9-11-21(12-10-19)30-27(33)29-16-18-5-2-1-3-6-18/h1-15,17,31-32H,16H2,(H2,29,30,33). The fourth-order valence-corrected chi connectivity index (χ4v) is 3.80. The maximum Gasteiger partial charge on any atom is 0.319 e. The van der Waals surface area contributed by atoms with E-state index in [1.807, 2.05) is 84.9 Å². The minimum Gasteiger partial charge on any atom is -0.507 e. The number of aromatic hydroxyl groups is 1. The number of anilines is 1. The van der Waals surface area contributed by atoms with Gasteiger partial charge in [-0.25, -0.2) is 4.79 Å². The molecule has 0 radical (unpaired) electrons. The van der Waals surface area contributed by atoms with E-state index in [9.17, 15) is 9.90 Å². The zero-order chi connectivity index (χ0) is 22.6. The summed E-state index contributed by atoms with van der Waals surface area (Å²) >= 11 is 0. The van der Waals surface area contributed by atoms with Gasteiger partial charge in [-0.1, -0.05) is 54.6 Å². The zero-order valence-corrected chi connectivity index (χ0v) is 17.7. The molecule has 0 unspecified atom stereocenters. The average molecular weight is 434 g/mol. The lowest BCUT2D eigenvalue weighted by Gasteiger charge is -2.11. The second-order valence-electron chi connectivity index (χ2n) is 7.72. The molecule has 4 N–H and O–H groups in total. The van der Waals surface area contributed by atoms with Gasteiger partial charge in [-0.05, 0) is 41.5 Å². The fraction of sp³-hybridized carbons (Fsp3) is 0.0370. The predicted octanol–water partition coefficient (Wildman–Crippen LogP) is 5.92. The number of benzene rings is 3. The van der Waals surface area contributed by atoms with E-state index in [0.717, 1.165) is 27.7 Å². The summed E-state index contributed by atoms with van der Waals surface area (Å²) in [6.45, 7) is 0.454. The largest absolute Gasteiger partial charge is 0.507 e. The van der Waals surface area contributed by atoms with Crippen LogP contribution in [0, 0.1) is 0 Å². The van der Waals surface area contributed by atoms with Crippen LogP contribution in [0.5, 0.6) is 5.75 Å². The van der Waals surface area contributed by atoms with Gasteiger partial charge in [-0.2, -0.15) is 0 Å². The highest BCUT2D eigenvalue weighted by Gasteiger charge is 2.13. The van der Waals surface area contributed by atoms with Gasteiger partial charge in [0.05, 0.1) is 5.69 Å². The molecule has 162 valence electrons. The highest BCUT2D eigenvalue weighted by molar-refractivity contribution is 5.91. The molecule has 5 rings (SSSR count). The molecule has 2 aromatic heterocycles. The van der Waals surface area contributed by atoms with Crippen molar-refractivity contribution in [2.45, 2.75) is 6.54 Å². The van der Waals surface area contributed by atoms with Crippen LogP contribution >= 0.6 is 0 Å². The number of pyridine rings is 1. The first-order valence-corrected chi connectivity index (χ1v) is 10.6. The minimum absolute atomic E-state index is 0.193. The van der Waals surface area contributed by atoms with Crippen molar-refractivity contribution in [2.24, 2.45) is 0 Å². The molecule has 6 heteroatoms. The van der Waals surface area contributed by atoms with Crippen LogP contribution in [0.25, 0.3) is 33.3 Å². The van der Waals surface area contributed by atoms with Crippen molar-refractivity contribution < 1.29 is 9.90 Å². The normalized spacial score (nSPS) is 10.8. The van der Waals surface area contributed by atoms with Crippen molar-refractivity contribution in [1.82, 2.24) is 15.3 Å². The Morgan fingerprint density at radius 3 is 2.48 bits per heavy atom. The number of amides is 2. The van der Waals surface area contributed by atoms with E-state index >= 15 is 0 Å². The number of para-hydroxylation sites is 1. The molecule has 0 aliphatic rings. The van der Waals surface area contributed by atoms with E-state index in [1.165, 1.54) is 0 Å². The molecule has 0 spiro atoms. The molecule has 0 aliphatic carbocycles. The Labute approximate surface area is 190 Å². The van der Waals surface area contributed by atoms with Crippen molar-refractivity contribution in [2.75, 3.05) is 5.32 Å². The minimum atomic E-state index is -0.273. The molecule has 2 amide bonds. The van der Waals surface area contributed by atoms with Gasteiger partial charge in [0.2, 0.25) is 0 Å². The van der Waals surface area contributed by atoms with E-state index in [1.54, 1.807) is 12.4 Å². The van der Waals surface area contributed by atoms with Gasteiger partial charge in [-0.15, -0.1) is 0 Å². The Hall–Kier alpha value is -4.58. The molecular weight excluding hydrogens is 412 g/mol. The van der Waals surface area contributed by atoms with Crippen molar-refractivity contribution in [3.8, 4) is 28.1 Å². The quantitative estimate of drug-likeness (QED) is 0.277. The number of phenolic OH excluding ortho intramolecular Hbond substituents is 1. The Morgan fingerprint density at radius 2 is 1.70 bits per heavy atom. The van der Waals surface area contributed by atoms with Crippen molar-refractivity contribution >= 4 is 22.6 Å². The molecule has 5 aromatic rings.